The Bertz CT molecular complexity index is 290. The lowest BCUT2D eigenvalue weighted by molar-refractivity contribution is -0.170. The molecule has 0 aliphatic heterocycles. The van der Waals surface area contributed by atoms with E-state index in [2.05, 4.69) is 0 Å². The van der Waals surface area contributed by atoms with E-state index in [1.165, 1.54) is 0 Å². The molecule has 0 unspecified atom stereocenters. The zero-order chi connectivity index (χ0) is 11.4. The minimum absolute atomic E-state index is 0.409. The molecule has 14 heavy (non-hydrogen) atoms. The van der Waals surface area contributed by atoms with Crippen LogP contribution in [-0.2, 0) is 14.4 Å². The molecule has 1 N–H and O–H groups in total. The predicted molar refractivity (Wildman–Crippen MR) is 37.5 cm³/mol. The largest absolute Gasteiger partial charge is 0.475 e. The second-order valence-corrected chi connectivity index (χ2v) is 2.20. The first kappa shape index (κ1) is 12.3. The zero-order valence-electron chi connectivity index (χ0n) is 6.67. The maximum atomic E-state index is 11.5. The van der Waals surface area contributed by atoms with Crippen LogP contribution in [0.25, 0.3) is 0 Å². The number of halogens is 3. The number of Topliss-reactive ketones (excluding diaryl/α,β-unsaturated/α-hetero) is 1. The Morgan fingerprint density at radius 3 is 2.07 bits per heavy atom. The number of allylic oxidation sites excluding steroid dienone is 1. The minimum atomic E-state index is -4.96. The van der Waals surface area contributed by atoms with Gasteiger partial charge in [-0.1, -0.05) is 6.08 Å². The van der Waals surface area contributed by atoms with E-state index in [9.17, 15) is 27.6 Å². The first-order valence-corrected chi connectivity index (χ1v) is 3.29. The van der Waals surface area contributed by atoms with Gasteiger partial charge in [0.05, 0.1) is 0 Å². The van der Waals surface area contributed by atoms with Crippen LogP contribution in [0, 0.1) is 0 Å². The number of carbonyl (C=O) groups is 3. The lowest BCUT2D eigenvalue weighted by Crippen LogP contribution is -2.21. The van der Waals surface area contributed by atoms with E-state index in [1.807, 2.05) is 0 Å². The van der Waals surface area contributed by atoms with Gasteiger partial charge >= 0.3 is 12.1 Å². The summed E-state index contributed by atoms with van der Waals surface area (Å²) in [5, 5.41) is 8.00. The summed E-state index contributed by atoms with van der Waals surface area (Å²) in [4.78, 5) is 30.3. The van der Waals surface area contributed by atoms with Crippen molar-refractivity contribution in [1.29, 1.82) is 0 Å². The van der Waals surface area contributed by atoms with Crippen LogP contribution in [0.2, 0.25) is 0 Å². The third-order valence-corrected chi connectivity index (χ3v) is 1.10. The number of carboxylic acid groups (broad SMARTS) is 1. The van der Waals surface area contributed by atoms with E-state index in [1.54, 1.807) is 0 Å². The third kappa shape index (κ3) is 4.39. The van der Waals surface area contributed by atoms with Crippen LogP contribution in [-0.4, -0.2) is 28.8 Å². The number of alkyl halides is 3. The van der Waals surface area contributed by atoms with Crippen LogP contribution in [0.5, 0.6) is 0 Å². The molecule has 0 aromatic rings. The lowest BCUT2D eigenvalue weighted by Gasteiger charge is -2.00. The van der Waals surface area contributed by atoms with Gasteiger partial charge in [0, 0.05) is 6.42 Å². The number of aliphatic carboxylic acids is 1. The van der Waals surface area contributed by atoms with Crippen molar-refractivity contribution in [3.05, 3.63) is 12.2 Å². The van der Waals surface area contributed by atoms with Crippen LogP contribution in [0.4, 0.5) is 13.2 Å². The molecule has 4 nitrogen and oxygen atoms in total. The highest BCUT2D eigenvalue weighted by atomic mass is 19.4. The normalized spacial score (nSPS) is 11.6. The van der Waals surface area contributed by atoms with Gasteiger partial charge < -0.3 is 5.11 Å². The van der Waals surface area contributed by atoms with Crippen LogP contribution >= 0.6 is 0 Å². The Morgan fingerprint density at radius 1 is 1.21 bits per heavy atom. The number of carbonyl (C=O) groups excluding carboxylic acids is 2. The Labute approximate surface area is 76.0 Å². The molecule has 0 spiro atoms. The van der Waals surface area contributed by atoms with Crippen molar-refractivity contribution < 1.29 is 32.7 Å². The number of carboxylic acids is 1. The van der Waals surface area contributed by atoms with Gasteiger partial charge in [0.1, 0.15) is 0 Å². The maximum Gasteiger partial charge on any atom is 0.450 e. The van der Waals surface area contributed by atoms with Gasteiger partial charge in [-0.05, 0) is 6.08 Å². The maximum absolute atomic E-state index is 11.5. The Morgan fingerprint density at radius 2 is 1.71 bits per heavy atom. The minimum Gasteiger partial charge on any atom is -0.475 e. The molecule has 0 heterocycles. The average molecular weight is 210 g/mol. The molecule has 0 bridgehead atoms. The molecule has 0 saturated carbocycles. The van der Waals surface area contributed by atoms with Crippen LogP contribution in [0.3, 0.4) is 0 Å². The van der Waals surface area contributed by atoms with Crippen molar-refractivity contribution in [2.45, 2.75) is 12.6 Å². The molecular formula is C7H5F3O4. The predicted octanol–water partition coefficient (Wildman–Crippen LogP) is 0.718. The fraction of sp³-hybridized carbons (Fsp3) is 0.286. The highest BCUT2D eigenvalue weighted by Crippen LogP contribution is 2.17. The molecule has 0 amide bonds. The smallest absolute Gasteiger partial charge is 0.450 e. The molecule has 7 heteroatoms. The number of hydrogen-bond donors (Lipinski definition) is 1. The summed E-state index contributed by atoms with van der Waals surface area (Å²) in [5.41, 5.74) is 0. The molecule has 0 rings (SSSR count). The highest BCUT2D eigenvalue weighted by Gasteiger charge is 2.36. The molecule has 78 valence electrons. The van der Waals surface area contributed by atoms with Crippen LogP contribution < -0.4 is 0 Å². The molecule has 0 aromatic heterocycles. The lowest BCUT2D eigenvalue weighted by atomic mass is 10.2. The number of ketones is 2. The van der Waals surface area contributed by atoms with Crippen molar-refractivity contribution in [3.8, 4) is 0 Å². The summed E-state index contributed by atoms with van der Waals surface area (Å²) < 4.78 is 34.6. The van der Waals surface area contributed by atoms with Crippen molar-refractivity contribution in [2.75, 3.05) is 0 Å². The SMILES string of the molecule is O=C(O)C(=O)C=CCC(=O)C(F)(F)F. The molecule has 0 atom stereocenters. The van der Waals surface area contributed by atoms with Gasteiger partial charge in [0.2, 0.25) is 5.78 Å². The van der Waals surface area contributed by atoms with Crippen molar-refractivity contribution in [2.24, 2.45) is 0 Å². The van der Waals surface area contributed by atoms with Gasteiger partial charge in [-0.2, -0.15) is 13.2 Å². The van der Waals surface area contributed by atoms with Crippen molar-refractivity contribution >= 4 is 17.5 Å². The van der Waals surface area contributed by atoms with Gasteiger partial charge in [-0.25, -0.2) is 4.79 Å². The van der Waals surface area contributed by atoms with Crippen LogP contribution in [0.1, 0.15) is 6.42 Å². The summed E-state index contributed by atoms with van der Waals surface area (Å²) in [5.74, 6) is -5.20. The van der Waals surface area contributed by atoms with E-state index in [0.29, 0.717) is 12.2 Å². The second kappa shape index (κ2) is 4.54. The van der Waals surface area contributed by atoms with Gasteiger partial charge in [0.25, 0.3) is 5.78 Å². The van der Waals surface area contributed by atoms with E-state index >= 15 is 0 Å². The van der Waals surface area contributed by atoms with Crippen molar-refractivity contribution in [1.82, 2.24) is 0 Å². The Balaban J connectivity index is 4.14. The fourth-order valence-electron chi connectivity index (χ4n) is 0.460. The highest BCUT2D eigenvalue weighted by molar-refractivity contribution is 6.37. The van der Waals surface area contributed by atoms with Gasteiger partial charge in [-0.15, -0.1) is 0 Å². The topological polar surface area (TPSA) is 71.4 Å². The molecule has 0 aliphatic rings. The molecule has 0 saturated heterocycles. The van der Waals surface area contributed by atoms with E-state index in [-0.39, 0.29) is 0 Å². The summed E-state index contributed by atoms with van der Waals surface area (Å²) in [6, 6.07) is 0. The fourth-order valence-corrected chi connectivity index (χ4v) is 0.460. The third-order valence-electron chi connectivity index (χ3n) is 1.10. The second-order valence-electron chi connectivity index (χ2n) is 2.20. The van der Waals surface area contributed by atoms with Crippen LogP contribution in [0.15, 0.2) is 12.2 Å². The Hall–Kier alpha value is -1.66. The van der Waals surface area contributed by atoms with E-state index in [0.717, 1.165) is 0 Å². The van der Waals surface area contributed by atoms with Crippen molar-refractivity contribution in [3.63, 3.8) is 0 Å². The first-order valence-electron chi connectivity index (χ1n) is 3.29. The molecule has 0 radical (unpaired) electrons. The summed E-state index contributed by atoms with van der Waals surface area (Å²) >= 11 is 0. The average Bonchev–Trinajstić information content (AvgIpc) is 2.01. The van der Waals surface area contributed by atoms with Gasteiger partial charge in [0.15, 0.2) is 0 Å². The van der Waals surface area contributed by atoms with E-state index < -0.39 is 30.1 Å². The monoisotopic (exact) mass is 210 g/mol. The summed E-state index contributed by atoms with van der Waals surface area (Å²) in [6.07, 6.45) is -5.03. The Kier molecular flexibility index (Phi) is 4.00. The first-order chi connectivity index (χ1) is 6.25. The quantitative estimate of drug-likeness (QED) is 0.548. The van der Waals surface area contributed by atoms with Gasteiger partial charge in [-0.3, -0.25) is 9.59 Å². The zero-order valence-corrected chi connectivity index (χ0v) is 6.67. The summed E-state index contributed by atoms with van der Waals surface area (Å²) in [6.45, 7) is 0. The summed E-state index contributed by atoms with van der Waals surface area (Å²) in [7, 11) is 0. The number of rotatable bonds is 4. The number of hydrogen-bond acceptors (Lipinski definition) is 3. The van der Waals surface area contributed by atoms with E-state index in [4.69, 9.17) is 5.11 Å². The molecule has 0 aliphatic carbocycles. The molecule has 0 fully saturated rings. The molecule has 0 aromatic carbocycles. The standard InChI is InChI=1S/C7H5F3O4/c8-7(9,10)5(12)3-1-2-4(11)6(13)14/h1-2H,3H2,(H,13,14). The molecular weight excluding hydrogens is 205 g/mol.